The lowest BCUT2D eigenvalue weighted by Gasteiger charge is -2.49. The number of halogens is 3. The highest BCUT2D eigenvalue weighted by Gasteiger charge is 2.52. The summed E-state index contributed by atoms with van der Waals surface area (Å²) in [6.07, 6.45) is 1.12. The molecule has 14 heteroatoms. The van der Waals surface area contributed by atoms with Crippen molar-refractivity contribution >= 4 is 50.7 Å². The molecule has 0 bridgehead atoms. The van der Waals surface area contributed by atoms with Crippen LogP contribution in [0.25, 0.3) is 0 Å². The first-order chi connectivity index (χ1) is 22.6. The summed E-state index contributed by atoms with van der Waals surface area (Å²) in [5.41, 5.74) is 7.07. The van der Waals surface area contributed by atoms with Crippen LogP contribution in [0.5, 0.6) is 0 Å². The van der Waals surface area contributed by atoms with Crippen LogP contribution in [0.1, 0.15) is 55.4 Å². The Kier molecular flexibility index (Phi) is 8.81. The van der Waals surface area contributed by atoms with Crippen molar-refractivity contribution in [3.8, 4) is 0 Å². The van der Waals surface area contributed by atoms with Crippen LogP contribution >= 0.6 is 23.2 Å². The van der Waals surface area contributed by atoms with Gasteiger partial charge in [-0.15, -0.1) is 10.6 Å². The number of carbonyl (C=O) groups excluding carboxylic acids is 1. The van der Waals surface area contributed by atoms with Gasteiger partial charge in [-0.25, -0.2) is 18.3 Å². The molecule has 248 valence electrons. The molecule has 3 aromatic rings. The van der Waals surface area contributed by atoms with Gasteiger partial charge in [-0.1, -0.05) is 59.6 Å². The number of para-hydroxylation sites is 1. The number of amides is 1. The second kappa shape index (κ2) is 12.9. The van der Waals surface area contributed by atoms with Crippen LogP contribution in [0.15, 0.2) is 77.9 Å². The van der Waals surface area contributed by atoms with Crippen molar-refractivity contribution in [2.45, 2.75) is 61.6 Å². The molecule has 10 nitrogen and oxygen atoms in total. The Bertz CT molecular complexity index is 1790. The molecule has 0 spiro atoms. The molecule has 1 amide bonds. The predicted octanol–water partition coefficient (Wildman–Crippen LogP) is 5.58. The smallest absolute Gasteiger partial charge is 0.253 e. The van der Waals surface area contributed by atoms with Gasteiger partial charge in [0.25, 0.3) is 5.91 Å². The molecule has 2 aliphatic heterocycles. The summed E-state index contributed by atoms with van der Waals surface area (Å²) in [6, 6.07) is 19.2. The minimum Gasteiger partial charge on any atom is -0.357 e. The topological polar surface area (TPSA) is 107 Å². The maximum Gasteiger partial charge on any atom is 0.253 e. The monoisotopic (exact) mass is 700 g/mol. The van der Waals surface area contributed by atoms with Gasteiger partial charge < -0.3 is 9.64 Å². The molecule has 0 unspecified atom stereocenters. The average molecular weight is 702 g/mol. The van der Waals surface area contributed by atoms with Crippen molar-refractivity contribution in [1.29, 1.82) is 0 Å². The van der Waals surface area contributed by atoms with E-state index in [0.29, 0.717) is 28.7 Å². The Morgan fingerprint density at radius 3 is 2.38 bits per heavy atom. The molecule has 3 aromatic carbocycles. The third kappa shape index (κ3) is 6.54. The lowest BCUT2D eigenvalue weighted by molar-refractivity contribution is -0.179. The van der Waals surface area contributed by atoms with Crippen LogP contribution < -0.4 is 15.4 Å². The van der Waals surface area contributed by atoms with Gasteiger partial charge in [0.15, 0.2) is 0 Å². The van der Waals surface area contributed by atoms with Crippen molar-refractivity contribution in [3.05, 3.63) is 99.8 Å². The van der Waals surface area contributed by atoms with Crippen LogP contribution in [0.4, 0.5) is 10.1 Å². The number of hydrogen-bond donors (Lipinski definition) is 2. The van der Waals surface area contributed by atoms with Crippen LogP contribution in [0.2, 0.25) is 10.0 Å². The summed E-state index contributed by atoms with van der Waals surface area (Å²) in [5.74, 6) is -0.386. The molecular weight excluding hydrogens is 666 g/mol. The highest BCUT2D eigenvalue weighted by Crippen LogP contribution is 2.49. The lowest BCUT2D eigenvalue weighted by atomic mass is 9.89. The van der Waals surface area contributed by atoms with E-state index in [-0.39, 0.29) is 30.5 Å². The number of anilines is 1. The van der Waals surface area contributed by atoms with Crippen LogP contribution in [-0.2, 0) is 19.6 Å². The Balaban J connectivity index is 1.37. The SMILES string of the molecule is CN1NNN=C1C[C@@H]1O[C@H](c2cccc(Cl)c2)[C@@H](c2ccc(Cl)cc2)N([C@H](CN(c2ccccc2F)S(=O)(=O)C2CC2)C2CC2)C1=O. The van der Waals surface area contributed by atoms with Crippen LogP contribution in [-0.4, -0.2) is 61.1 Å². The normalized spacial score (nSPS) is 23.8. The van der Waals surface area contributed by atoms with Crippen molar-refractivity contribution in [3.63, 3.8) is 0 Å². The number of ether oxygens (including phenoxy) is 1. The Morgan fingerprint density at radius 2 is 1.74 bits per heavy atom. The summed E-state index contributed by atoms with van der Waals surface area (Å²) < 4.78 is 51.3. The summed E-state index contributed by atoms with van der Waals surface area (Å²) >= 11 is 12.8. The fraction of sp³-hybridized carbons (Fsp3) is 0.394. The summed E-state index contributed by atoms with van der Waals surface area (Å²) in [5, 5.41) is 6.40. The fourth-order valence-electron chi connectivity index (χ4n) is 6.51. The van der Waals surface area contributed by atoms with Crippen molar-refractivity contribution in [2.75, 3.05) is 17.9 Å². The standard InChI is InChI=1S/C33H35Cl2FN6O4S/c1-40-30(37-38-39-40)18-29-33(43)42(31(21-11-13-23(34)14-12-21)32(46-29)22-5-4-6-24(35)17-22)28(20-9-10-20)19-41(47(44,45)25-15-16-25)27-8-3-2-7-26(27)36/h2-8,11-14,17,20,25,28-29,31-32,38-39H,9-10,15-16,18-19H2,1H3/t28-,29+,31-,32-/m1/s1. The number of hydrogen-bond acceptors (Lipinski definition) is 8. The molecule has 0 aromatic heterocycles. The van der Waals surface area contributed by atoms with E-state index >= 15 is 4.39 Å². The number of sulfonamides is 1. The first kappa shape index (κ1) is 32.1. The van der Waals surface area contributed by atoms with Crippen molar-refractivity contribution in [1.82, 2.24) is 21.0 Å². The first-order valence-corrected chi connectivity index (χ1v) is 17.9. The number of morpholine rings is 1. The number of carbonyl (C=O) groups is 1. The predicted molar refractivity (Wildman–Crippen MR) is 178 cm³/mol. The summed E-state index contributed by atoms with van der Waals surface area (Å²) in [6.45, 7) is -0.0980. The van der Waals surface area contributed by atoms with Gasteiger partial charge in [0.2, 0.25) is 10.0 Å². The summed E-state index contributed by atoms with van der Waals surface area (Å²) in [7, 11) is -2.14. The molecule has 2 aliphatic carbocycles. The van der Waals surface area contributed by atoms with E-state index in [0.717, 1.165) is 24.0 Å². The highest BCUT2D eigenvalue weighted by molar-refractivity contribution is 7.93. The molecule has 0 radical (unpaired) electrons. The molecule has 7 rings (SSSR count). The van der Waals surface area contributed by atoms with E-state index < -0.39 is 45.4 Å². The average Bonchev–Trinajstić information content (AvgIpc) is 3.98. The Labute approximate surface area is 283 Å². The maximum absolute atomic E-state index is 15.4. The second-order valence-corrected chi connectivity index (χ2v) is 15.5. The molecule has 47 heavy (non-hydrogen) atoms. The number of rotatable bonds is 11. The third-order valence-electron chi connectivity index (χ3n) is 9.22. The minimum atomic E-state index is -3.91. The van der Waals surface area contributed by atoms with Gasteiger partial charge in [0, 0.05) is 23.5 Å². The molecule has 1 saturated heterocycles. The highest BCUT2D eigenvalue weighted by atomic mass is 35.5. The van der Waals surface area contributed by atoms with Gasteiger partial charge in [-0.3, -0.25) is 14.1 Å². The van der Waals surface area contributed by atoms with Gasteiger partial charge in [-0.05, 0) is 79.1 Å². The van der Waals surface area contributed by atoms with Crippen LogP contribution in [0.3, 0.4) is 0 Å². The quantitative estimate of drug-likeness (QED) is 0.269. The number of nitrogens with one attached hydrogen (secondary N) is 2. The molecular formula is C33H35Cl2FN6O4S. The number of hydrazine groups is 2. The van der Waals surface area contributed by atoms with Crippen molar-refractivity contribution in [2.24, 2.45) is 11.0 Å². The number of nitrogens with zero attached hydrogens (tertiary/aromatic N) is 4. The van der Waals surface area contributed by atoms with E-state index in [4.69, 9.17) is 27.9 Å². The Hall–Kier alpha value is -3.42. The van der Waals surface area contributed by atoms with Crippen LogP contribution in [0, 0.1) is 11.7 Å². The molecule has 3 fully saturated rings. The van der Waals surface area contributed by atoms with Gasteiger partial charge in [0.1, 0.15) is 23.9 Å². The number of amidine groups is 1. The van der Waals surface area contributed by atoms with E-state index in [1.807, 2.05) is 30.3 Å². The van der Waals surface area contributed by atoms with Gasteiger partial charge in [0.05, 0.1) is 29.6 Å². The summed E-state index contributed by atoms with van der Waals surface area (Å²) in [4.78, 5) is 16.7. The molecule has 2 N–H and O–H groups in total. The minimum absolute atomic E-state index is 0.00832. The maximum atomic E-state index is 15.4. The van der Waals surface area contributed by atoms with E-state index in [1.165, 1.54) is 22.5 Å². The number of hydrazone groups is 1. The van der Waals surface area contributed by atoms with E-state index in [1.54, 1.807) is 41.2 Å². The van der Waals surface area contributed by atoms with Gasteiger partial charge >= 0.3 is 0 Å². The third-order valence-corrected chi connectivity index (χ3v) is 12.0. The fourth-order valence-corrected chi connectivity index (χ4v) is 8.71. The second-order valence-electron chi connectivity index (χ2n) is 12.5. The van der Waals surface area contributed by atoms with Gasteiger partial charge in [-0.2, -0.15) is 0 Å². The van der Waals surface area contributed by atoms with E-state index in [9.17, 15) is 13.2 Å². The molecule has 4 aliphatic rings. The zero-order valence-electron chi connectivity index (χ0n) is 25.6. The molecule has 2 saturated carbocycles. The number of benzene rings is 3. The first-order valence-electron chi connectivity index (χ1n) is 15.7. The zero-order valence-corrected chi connectivity index (χ0v) is 27.9. The molecule has 4 atom stereocenters. The molecule has 2 heterocycles. The zero-order chi connectivity index (χ0) is 32.9. The van der Waals surface area contributed by atoms with Crippen molar-refractivity contribution < 1.29 is 22.3 Å². The lowest BCUT2D eigenvalue weighted by Crippen LogP contribution is -2.59. The van der Waals surface area contributed by atoms with E-state index in [2.05, 4.69) is 16.2 Å². The Morgan fingerprint density at radius 1 is 1.00 bits per heavy atom. The largest absolute Gasteiger partial charge is 0.357 e.